The number of morpholine rings is 1. The number of aryl methyl sites for hydroxylation is 1. The summed E-state index contributed by atoms with van der Waals surface area (Å²) in [4.78, 5) is 25.9. The number of hydrogen-bond acceptors (Lipinski definition) is 9. The van der Waals surface area contributed by atoms with Gasteiger partial charge in [0.2, 0.25) is 0 Å². The third-order valence-corrected chi connectivity index (χ3v) is 8.28. The molecular formula is C27H28ClN5O7S. The highest BCUT2D eigenvalue weighted by Gasteiger charge is 2.30. The van der Waals surface area contributed by atoms with Gasteiger partial charge in [0.05, 0.1) is 42.0 Å². The SMILES string of the molecule is COc1ccc(Cl)cc1N(CC(=O)N/N=C\c1cc([N+](=O)[O-])ccc1N1CCOCC1)S(=O)(=O)c1ccc(C)cc1. The molecule has 0 unspecified atom stereocenters. The Morgan fingerprint density at radius 3 is 2.54 bits per heavy atom. The van der Waals surface area contributed by atoms with Gasteiger partial charge in [0.1, 0.15) is 12.3 Å². The Morgan fingerprint density at radius 2 is 1.88 bits per heavy atom. The van der Waals surface area contributed by atoms with E-state index in [4.69, 9.17) is 21.1 Å². The van der Waals surface area contributed by atoms with Gasteiger partial charge in [0, 0.05) is 41.5 Å². The fourth-order valence-electron chi connectivity index (χ4n) is 4.19. The molecule has 0 bridgehead atoms. The van der Waals surface area contributed by atoms with Gasteiger partial charge < -0.3 is 14.4 Å². The van der Waals surface area contributed by atoms with E-state index < -0.39 is 27.4 Å². The van der Waals surface area contributed by atoms with Crippen LogP contribution in [-0.2, 0) is 19.6 Å². The lowest BCUT2D eigenvalue weighted by Gasteiger charge is -2.29. The summed E-state index contributed by atoms with van der Waals surface area (Å²) in [5, 5.41) is 15.6. The molecule has 1 amide bonds. The Kier molecular flexibility index (Phi) is 9.42. The number of nitro groups is 1. The second-order valence-corrected chi connectivity index (χ2v) is 11.3. The van der Waals surface area contributed by atoms with E-state index >= 15 is 0 Å². The Hall–Kier alpha value is -4.20. The minimum Gasteiger partial charge on any atom is -0.495 e. The number of ether oxygens (including phenoxy) is 2. The number of nitrogens with zero attached hydrogens (tertiary/aromatic N) is 4. The Morgan fingerprint density at radius 1 is 1.17 bits per heavy atom. The summed E-state index contributed by atoms with van der Waals surface area (Å²) < 4.78 is 39.0. The number of benzene rings is 3. The van der Waals surface area contributed by atoms with Gasteiger partial charge in [-0.15, -0.1) is 0 Å². The molecule has 12 nitrogen and oxygen atoms in total. The fraction of sp³-hybridized carbons (Fsp3) is 0.259. The van der Waals surface area contributed by atoms with Crippen molar-refractivity contribution in [3.8, 4) is 5.75 Å². The maximum Gasteiger partial charge on any atom is 0.270 e. The number of nitrogens with one attached hydrogen (secondary N) is 1. The first kappa shape index (κ1) is 29.8. The van der Waals surface area contributed by atoms with Crippen molar-refractivity contribution < 1.29 is 27.6 Å². The highest BCUT2D eigenvalue weighted by Crippen LogP contribution is 2.35. The number of halogens is 1. The standard InChI is InChI=1S/C27H28ClN5O7S/c1-19-3-7-23(8-4-19)41(37,38)32(25-16-21(28)5-10-26(25)39-2)18-27(34)30-29-17-20-15-22(33(35)36)6-9-24(20)31-11-13-40-14-12-31/h3-10,15-17H,11-14,18H2,1-2H3,(H,30,34)/b29-17-. The first-order valence-corrected chi connectivity index (χ1v) is 14.3. The van der Waals surface area contributed by atoms with Crippen LogP contribution < -0.4 is 19.4 Å². The highest BCUT2D eigenvalue weighted by atomic mass is 35.5. The van der Waals surface area contributed by atoms with E-state index in [1.807, 2.05) is 11.8 Å². The number of nitro benzene ring substituents is 1. The molecule has 1 saturated heterocycles. The molecule has 1 fully saturated rings. The number of hydrazone groups is 1. The Labute approximate surface area is 242 Å². The van der Waals surface area contributed by atoms with Crippen LogP contribution in [0.2, 0.25) is 5.02 Å². The van der Waals surface area contributed by atoms with E-state index in [2.05, 4.69) is 10.5 Å². The van der Waals surface area contributed by atoms with Gasteiger partial charge in [-0.2, -0.15) is 5.10 Å². The van der Waals surface area contributed by atoms with Crippen molar-refractivity contribution in [1.29, 1.82) is 0 Å². The second kappa shape index (κ2) is 13.0. The minimum atomic E-state index is -4.24. The molecule has 0 atom stereocenters. The average Bonchev–Trinajstić information content (AvgIpc) is 2.96. The molecule has 1 heterocycles. The molecular weight excluding hydrogens is 574 g/mol. The van der Waals surface area contributed by atoms with Crippen molar-refractivity contribution in [3.05, 3.63) is 86.9 Å². The van der Waals surface area contributed by atoms with E-state index in [0.717, 1.165) is 9.87 Å². The van der Waals surface area contributed by atoms with Crippen LogP contribution in [0.4, 0.5) is 17.1 Å². The summed E-state index contributed by atoms with van der Waals surface area (Å²) in [6.45, 7) is 3.34. The van der Waals surface area contributed by atoms with Gasteiger partial charge in [-0.25, -0.2) is 13.8 Å². The predicted octanol–water partition coefficient (Wildman–Crippen LogP) is 3.75. The summed E-state index contributed by atoms with van der Waals surface area (Å²) in [5.41, 5.74) is 4.21. The number of rotatable bonds is 10. The van der Waals surface area contributed by atoms with Crippen LogP contribution in [0.1, 0.15) is 11.1 Å². The van der Waals surface area contributed by atoms with Crippen LogP contribution in [0.15, 0.2) is 70.7 Å². The molecule has 1 N–H and O–H groups in total. The summed E-state index contributed by atoms with van der Waals surface area (Å²) in [6.07, 6.45) is 1.29. The van der Waals surface area contributed by atoms with E-state index in [0.29, 0.717) is 37.6 Å². The molecule has 216 valence electrons. The maximum atomic E-state index is 13.7. The lowest BCUT2D eigenvalue weighted by molar-refractivity contribution is -0.384. The van der Waals surface area contributed by atoms with Gasteiger partial charge in [0.15, 0.2) is 0 Å². The quantitative estimate of drug-likeness (QED) is 0.210. The van der Waals surface area contributed by atoms with E-state index in [1.54, 1.807) is 18.2 Å². The largest absolute Gasteiger partial charge is 0.495 e. The second-order valence-electron chi connectivity index (χ2n) is 9.03. The topological polar surface area (TPSA) is 144 Å². The molecule has 1 aliphatic rings. The summed E-state index contributed by atoms with van der Waals surface area (Å²) >= 11 is 6.18. The first-order valence-electron chi connectivity index (χ1n) is 12.5. The molecule has 0 aromatic heterocycles. The molecule has 0 radical (unpaired) electrons. The number of anilines is 2. The van der Waals surface area contributed by atoms with Crippen LogP contribution in [0, 0.1) is 17.0 Å². The fourth-order valence-corrected chi connectivity index (χ4v) is 5.78. The highest BCUT2D eigenvalue weighted by molar-refractivity contribution is 7.92. The van der Waals surface area contributed by atoms with Crippen LogP contribution in [0.3, 0.4) is 0 Å². The maximum absolute atomic E-state index is 13.7. The zero-order valence-electron chi connectivity index (χ0n) is 22.3. The molecule has 14 heteroatoms. The Balaban J connectivity index is 1.62. The molecule has 41 heavy (non-hydrogen) atoms. The number of hydrogen-bond donors (Lipinski definition) is 1. The normalized spacial score (nSPS) is 13.7. The summed E-state index contributed by atoms with van der Waals surface area (Å²) in [5.74, 6) is -0.578. The van der Waals surface area contributed by atoms with Gasteiger partial charge in [0.25, 0.3) is 21.6 Å². The third-order valence-electron chi connectivity index (χ3n) is 6.27. The number of amides is 1. The molecule has 0 aliphatic carbocycles. The van der Waals surface area contributed by atoms with Crippen molar-refractivity contribution >= 4 is 50.8 Å². The van der Waals surface area contributed by atoms with Crippen molar-refractivity contribution in [2.75, 3.05) is 49.2 Å². The third kappa shape index (κ3) is 7.12. The van der Waals surface area contributed by atoms with Gasteiger partial charge >= 0.3 is 0 Å². The number of carbonyl (C=O) groups excluding carboxylic acids is 1. The monoisotopic (exact) mass is 601 g/mol. The molecule has 3 aromatic rings. The number of carbonyl (C=O) groups is 1. The number of methoxy groups -OCH3 is 1. The van der Waals surface area contributed by atoms with Crippen molar-refractivity contribution in [3.63, 3.8) is 0 Å². The lowest BCUT2D eigenvalue weighted by Crippen LogP contribution is -2.39. The molecule has 0 spiro atoms. The van der Waals surface area contributed by atoms with E-state index in [1.165, 1.54) is 55.8 Å². The van der Waals surface area contributed by atoms with Gasteiger partial charge in [-0.05, 0) is 43.3 Å². The number of non-ortho nitro benzene ring substituents is 1. The van der Waals surface area contributed by atoms with Crippen LogP contribution in [0.25, 0.3) is 0 Å². The molecule has 3 aromatic carbocycles. The van der Waals surface area contributed by atoms with Crippen LogP contribution >= 0.6 is 11.6 Å². The van der Waals surface area contributed by atoms with Crippen molar-refractivity contribution in [2.24, 2.45) is 5.10 Å². The molecule has 0 saturated carbocycles. The zero-order chi connectivity index (χ0) is 29.6. The smallest absolute Gasteiger partial charge is 0.270 e. The average molecular weight is 602 g/mol. The zero-order valence-corrected chi connectivity index (χ0v) is 23.9. The van der Waals surface area contributed by atoms with Crippen LogP contribution in [0.5, 0.6) is 5.75 Å². The summed E-state index contributed by atoms with van der Waals surface area (Å²) in [6, 6.07) is 15.0. The van der Waals surface area contributed by atoms with Crippen molar-refractivity contribution in [2.45, 2.75) is 11.8 Å². The molecule has 4 rings (SSSR count). The van der Waals surface area contributed by atoms with Crippen molar-refractivity contribution in [1.82, 2.24) is 5.43 Å². The Bertz CT molecular complexity index is 1560. The predicted molar refractivity (Wildman–Crippen MR) is 156 cm³/mol. The number of sulfonamides is 1. The van der Waals surface area contributed by atoms with Crippen LogP contribution in [-0.4, -0.2) is 65.4 Å². The molecule has 1 aliphatic heterocycles. The van der Waals surface area contributed by atoms with E-state index in [-0.39, 0.29) is 27.0 Å². The first-order chi connectivity index (χ1) is 19.6. The van der Waals surface area contributed by atoms with Gasteiger partial charge in [-0.3, -0.25) is 19.2 Å². The summed E-state index contributed by atoms with van der Waals surface area (Å²) in [7, 11) is -2.87. The lowest BCUT2D eigenvalue weighted by atomic mass is 10.1. The van der Waals surface area contributed by atoms with E-state index in [9.17, 15) is 23.3 Å². The van der Waals surface area contributed by atoms with Gasteiger partial charge in [-0.1, -0.05) is 29.3 Å². The minimum absolute atomic E-state index is 0.0341.